The van der Waals surface area contributed by atoms with Crippen LogP contribution in [0.1, 0.15) is 11.4 Å². The zero-order valence-electron chi connectivity index (χ0n) is 12.6. The van der Waals surface area contributed by atoms with E-state index in [4.69, 9.17) is 4.74 Å². The molecule has 1 heterocycles. The number of ether oxygens (including phenoxy) is 1. The fourth-order valence-electron chi connectivity index (χ4n) is 1.57. The largest absolute Gasteiger partial charge is 0.493 e. The van der Waals surface area contributed by atoms with Crippen molar-refractivity contribution in [2.45, 2.75) is 13.8 Å². The molecule has 6 nitrogen and oxygen atoms in total. The molecule has 0 aliphatic heterocycles. The van der Waals surface area contributed by atoms with Crippen LogP contribution in [0.25, 0.3) is 0 Å². The van der Waals surface area contributed by atoms with Gasteiger partial charge in [-0.05, 0) is 26.0 Å². The molecular weight excluding hydrogens is 300 g/mol. The molecule has 116 valence electrons. The second-order valence-electron chi connectivity index (χ2n) is 4.57. The topological polar surface area (TPSA) is 77.0 Å². The fourth-order valence-corrected chi connectivity index (χ4v) is 2.17. The van der Waals surface area contributed by atoms with E-state index in [2.05, 4.69) is 20.5 Å². The van der Waals surface area contributed by atoms with Crippen LogP contribution in [-0.4, -0.2) is 39.2 Å². The highest BCUT2D eigenvalue weighted by Crippen LogP contribution is 2.09. The summed E-state index contributed by atoms with van der Waals surface area (Å²) in [5, 5.41) is 10.4. The highest BCUT2D eigenvalue weighted by atomic mass is 32.2. The van der Waals surface area contributed by atoms with Gasteiger partial charge in [0.05, 0.1) is 23.7 Å². The maximum atomic E-state index is 11.8. The summed E-state index contributed by atoms with van der Waals surface area (Å²) in [6.07, 6.45) is 0. The van der Waals surface area contributed by atoms with Crippen molar-refractivity contribution in [3.05, 3.63) is 41.7 Å². The van der Waals surface area contributed by atoms with Gasteiger partial charge in [0, 0.05) is 5.75 Å². The lowest BCUT2D eigenvalue weighted by molar-refractivity contribution is -0.113. The number of nitrogens with one attached hydrogen (secondary N) is 1. The van der Waals surface area contributed by atoms with E-state index in [0.717, 1.165) is 22.9 Å². The van der Waals surface area contributed by atoms with Crippen molar-refractivity contribution in [1.82, 2.24) is 15.2 Å². The van der Waals surface area contributed by atoms with E-state index < -0.39 is 0 Å². The van der Waals surface area contributed by atoms with Crippen LogP contribution in [0.3, 0.4) is 0 Å². The zero-order valence-corrected chi connectivity index (χ0v) is 13.4. The molecule has 1 aromatic heterocycles. The average Bonchev–Trinajstić information content (AvgIpc) is 2.52. The Morgan fingerprint density at radius 2 is 1.95 bits per heavy atom. The minimum absolute atomic E-state index is 0.144. The Morgan fingerprint density at radius 3 is 2.68 bits per heavy atom. The van der Waals surface area contributed by atoms with Gasteiger partial charge in [0.2, 0.25) is 11.9 Å². The maximum absolute atomic E-state index is 11.8. The van der Waals surface area contributed by atoms with Gasteiger partial charge >= 0.3 is 0 Å². The van der Waals surface area contributed by atoms with Gasteiger partial charge in [-0.2, -0.15) is 5.10 Å². The Kier molecular flexibility index (Phi) is 6.14. The van der Waals surface area contributed by atoms with Crippen molar-refractivity contribution in [3.63, 3.8) is 0 Å². The van der Waals surface area contributed by atoms with Gasteiger partial charge in [0.1, 0.15) is 5.75 Å². The summed E-state index contributed by atoms with van der Waals surface area (Å²) in [6.45, 7) is 4.21. The van der Waals surface area contributed by atoms with E-state index in [1.807, 2.05) is 44.2 Å². The molecule has 1 N–H and O–H groups in total. The van der Waals surface area contributed by atoms with Crippen molar-refractivity contribution in [3.8, 4) is 5.75 Å². The number of anilines is 1. The molecule has 0 saturated carbocycles. The van der Waals surface area contributed by atoms with Gasteiger partial charge in [0.15, 0.2) is 0 Å². The summed E-state index contributed by atoms with van der Waals surface area (Å²) in [5.41, 5.74) is 1.51. The van der Waals surface area contributed by atoms with Crippen molar-refractivity contribution < 1.29 is 9.53 Å². The molecule has 1 amide bonds. The van der Waals surface area contributed by atoms with E-state index in [9.17, 15) is 4.79 Å². The minimum Gasteiger partial charge on any atom is -0.493 e. The molecule has 0 unspecified atom stereocenters. The first-order valence-corrected chi connectivity index (χ1v) is 8.04. The lowest BCUT2D eigenvalue weighted by Crippen LogP contribution is -2.18. The van der Waals surface area contributed by atoms with Gasteiger partial charge in [-0.3, -0.25) is 10.1 Å². The molecule has 0 aliphatic rings. The third-order valence-electron chi connectivity index (χ3n) is 2.82. The molecule has 0 spiro atoms. The first kappa shape index (κ1) is 16.2. The number of carbonyl (C=O) groups is 1. The summed E-state index contributed by atoms with van der Waals surface area (Å²) >= 11 is 1.49. The maximum Gasteiger partial charge on any atom is 0.249 e. The Morgan fingerprint density at radius 1 is 1.18 bits per heavy atom. The van der Waals surface area contributed by atoms with Gasteiger partial charge in [0.25, 0.3) is 0 Å². The summed E-state index contributed by atoms with van der Waals surface area (Å²) in [6, 6.07) is 9.60. The standard InChI is InChI=1S/C15H18N4O2S/c1-11-12(2)18-19-15(16-11)17-14(20)10-22-9-8-21-13-6-4-3-5-7-13/h3-7H,8-10H2,1-2H3,(H,16,17,19,20). The number of aromatic nitrogens is 3. The number of benzene rings is 1. The van der Waals surface area contributed by atoms with Crippen LogP contribution >= 0.6 is 11.8 Å². The molecule has 0 fully saturated rings. The number of para-hydroxylation sites is 1. The van der Waals surface area contributed by atoms with Crippen molar-refractivity contribution >= 4 is 23.6 Å². The summed E-state index contributed by atoms with van der Waals surface area (Å²) in [5.74, 6) is 1.99. The molecule has 0 saturated heterocycles. The Labute approximate surface area is 133 Å². The predicted molar refractivity (Wildman–Crippen MR) is 87.2 cm³/mol. The summed E-state index contributed by atoms with van der Waals surface area (Å²) in [7, 11) is 0. The Bertz CT molecular complexity index is 622. The smallest absolute Gasteiger partial charge is 0.249 e. The Balaban J connectivity index is 1.64. The lowest BCUT2D eigenvalue weighted by Gasteiger charge is -2.06. The molecule has 0 aliphatic carbocycles. The number of hydrogen-bond acceptors (Lipinski definition) is 6. The van der Waals surface area contributed by atoms with Gasteiger partial charge < -0.3 is 4.74 Å². The van der Waals surface area contributed by atoms with E-state index >= 15 is 0 Å². The molecule has 7 heteroatoms. The number of amides is 1. The average molecular weight is 318 g/mol. The first-order chi connectivity index (χ1) is 10.6. The predicted octanol–water partition coefficient (Wildman–Crippen LogP) is 2.24. The van der Waals surface area contributed by atoms with Crippen molar-refractivity contribution in [2.75, 3.05) is 23.4 Å². The molecule has 0 atom stereocenters. The highest BCUT2D eigenvalue weighted by molar-refractivity contribution is 7.99. The number of carbonyl (C=O) groups excluding carboxylic acids is 1. The summed E-state index contributed by atoms with van der Waals surface area (Å²) in [4.78, 5) is 15.9. The second-order valence-corrected chi connectivity index (χ2v) is 5.67. The molecule has 0 bridgehead atoms. The van der Waals surface area contributed by atoms with Crippen molar-refractivity contribution in [2.24, 2.45) is 0 Å². The molecule has 0 radical (unpaired) electrons. The third-order valence-corrected chi connectivity index (χ3v) is 3.74. The van der Waals surface area contributed by atoms with Crippen LogP contribution in [0, 0.1) is 13.8 Å². The van der Waals surface area contributed by atoms with Crippen LogP contribution in [-0.2, 0) is 4.79 Å². The summed E-state index contributed by atoms with van der Waals surface area (Å²) < 4.78 is 5.55. The second kappa shape index (κ2) is 8.33. The minimum atomic E-state index is -0.144. The number of rotatable bonds is 7. The number of nitrogens with zero attached hydrogens (tertiary/aromatic N) is 3. The lowest BCUT2D eigenvalue weighted by atomic mass is 10.3. The van der Waals surface area contributed by atoms with Gasteiger partial charge in [-0.25, -0.2) is 4.98 Å². The van der Waals surface area contributed by atoms with Crippen LogP contribution in [0.4, 0.5) is 5.95 Å². The molecule has 2 rings (SSSR count). The van der Waals surface area contributed by atoms with E-state index in [1.54, 1.807) is 0 Å². The highest BCUT2D eigenvalue weighted by Gasteiger charge is 2.06. The number of thioether (sulfide) groups is 1. The van der Waals surface area contributed by atoms with Gasteiger partial charge in [-0.15, -0.1) is 16.9 Å². The molecule has 2 aromatic rings. The van der Waals surface area contributed by atoms with Crippen LogP contribution in [0.5, 0.6) is 5.75 Å². The van der Waals surface area contributed by atoms with E-state index in [1.165, 1.54) is 11.8 Å². The van der Waals surface area contributed by atoms with Crippen molar-refractivity contribution in [1.29, 1.82) is 0 Å². The van der Waals surface area contributed by atoms with Crippen LogP contribution in [0.2, 0.25) is 0 Å². The first-order valence-electron chi connectivity index (χ1n) is 6.88. The molecule has 22 heavy (non-hydrogen) atoms. The normalized spacial score (nSPS) is 10.3. The van der Waals surface area contributed by atoms with E-state index in [-0.39, 0.29) is 11.9 Å². The Hall–Kier alpha value is -2.15. The van der Waals surface area contributed by atoms with Crippen LogP contribution in [0.15, 0.2) is 30.3 Å². The zero-order chi connectivity index (χ0) is 15.8. The van der Waals surface area contributed by atoms with Gasteiger partial charge in [-0.1, -0.05) is 18.2 Å². The van der Waals surface area contributed by atoms with E-state index in [0.29, 0.717) is 12.4 Å². The van der Waals surface area contributed by atoms with Crippen LogP contribution < -0.4 is 10.1 Å². The fraction of sp³-hybridized carbons (Fsp3) is 0.333. The molecular formula is C15H18N4O2S. The quantitative estimate of drug-likeness (QED) is 0.789. The third kappa shape index (κ3) is 5.33. The monoisotopic (exact) mass is 318 g/mol. The molecule has 1 aromatic carbocycles. The SMILES string of the molecule is Cc1nnc(NC(=O)CSCCOc2ccccc2)nc1C. The number of hydrogen-bond donors (Lipinski definition) is 1. The number of aryl methyl sites for hydroxylation is 2.